The lowest BCUT2D eigenvalue weighted by Gasteiger charge is -2.16. The number of amides is 1. The van der Waals surface area contributed by atoms with Crippen LogP contribution in [0, 0.1) is 6.92 Å². The third-order valence-electron chi connectivity index (χ3n) is 2.92. The third kappa shape index (κ3) is 2.81. The lowest BCUT2D eigenvalue weighted by atomic mass is 10.2. The van der Waals surface area contributed by atoms with Crippen molar-refractivity contribution < 1.29 is 4.79 Å². The summed E-state index contributed by atoms with van der Waals surface area (Å²) in [6.07, 6.45) is 2.29. The van der Waals surface area contributed by atoms with Crippen molar-refractivity contribution in [2.24, 2.45) is 0 Å². The van der Waals surface area contributed by atoms with Crippen LogP contribution in [0.5, 0.6) is 0 Å². The highest BCUT2D eigenvalue weighted by atomic mass is 32.1. The van der Waals surface area contributed by atoms with Crippen LogP contribution < -0.4 is 5.32 Å². The lowest BCUT2D eigenvalue weighted by Crippen LogP contribution is -2.30. The van der Waals surface area contributed by atoms with E-state index < -0.39 is 0 Å². The average molecular weight is 279 g/mol. The number of rotatable bonds is 5. The van der Waals surface area contributed by atoms with E-state index in [1.54, 1.807) is 10.2 Å². The van der Waals surface area contributed by atoms with Crippen molar-refractivity contribution >= 4 is 17.2 Å². The van der Waals surface area contributed by atoms with Crippen LogP contribution in [0.3, 0.4) is 0 Å². The predicted octanol–water partition coefficient (Wildman–Crippen LogP) is 1.94. The molecule has 0 aliphatic rings. The largest absolute Gasteiger partial charge is 0.341 e. The van der Waals surface area contributed by atoms with Gasteiger partial charge >= 0.3 is 0 Å². The van der Waals surface area contributed by atoms with E-state index in [2.05, 4.69) is 20.4 Å². The van der Waals surface area contributed by atoms with Gasteiger partial charge in [-0.05, 0) is 20.3 Å². The first kappa shape index (κ1) is 13.7. The highest BCUT2D eigenvalue weighted by molar-refractivity contribution is 7.11. The summed E-state index contributed by atoms with van der Waals surface area (Å²) < 4.78 is 1.80. The first-order valence-corrected chi connectivity index (χ1v) is 7.14. The fraction of sp³-hybridized carbons (Fsp3) is 0.500. The summed E-state index contributed by atoms with van der Waals surface area (Å²) in [4.78, 5) is 21.2. The van der Waals surface area contributed by atoms with Crippen LogP contribution in [0.15, 0.2) is 11.8 Å². The third-order valence-corrected chi connectivity index (χ3v) is 3.85. The Morgan fingerprint density at radius 3 is 2.84 bits per heavy atom. The minimum Gasteiger partial charge on any atom is -0.341 e. The number of hydrogen-bond donors (Lipinski definition) is 1. The minimum atomic E-state index is -0.128. The summed E-state index contributed by atoms with van der Waals surface area (Å²) in [5, 5.41) is 7.13. The zero-order valence-corrected chi connectivity index (χ0v) is 12.1. The summed E-state index contributed by atoms with van der Waals surface area (Å²) in [7, 11) is 0. The van der Waals surface area contributed by atoms with Crippen LogP contribution in [0.4, 0.5) is 0 Å². The Hall–Kier alpha value is -1.76. The maximum absolute atomic E-state index is 12.2. The minimum absolute atomic E-state index is 0.0995. The Morgan fingerprint density at radius 2 is 2.26 bits per heavy atom. The first-order chi connectivity index (χ1) is 9.17. The molecule has 0 fully saturated rings. The van der Waals surface area contributed by atoms with Crippen molar-refractivity contribution in [1.29, 1.82) is 0 Å². The molecule has 0 saturated heterocycles. The maximum Gasteiger partial charge on any atom is 0.263 e. The van der Waals surface area contributed by atoms with Crippen molar-refractivity contribution in [3.63, 3.8) is 0 Å². The molecule has 1 unspecified atom stereocenters. The van der Waals surface area contributed by atoms with E-state index in [1.165, 1.54) is 17.7 Å². The molecule has 2 rings (SSSR count). The molecule has 19 heavy (non-hydrogen) atoms. The number of aryl methyl sites for hydroxylation is 2. The van der Waals surface area contributed by atoms with Crippen LogP contribution in [0.2, 0.25) is 0 Å². The van der Waals surface area contributed by atoms with Gasteiger partial charge in [-0.15, -0.1) is 11.3 Å². The molecule has 1 amide bonds. The van der Waals surface area contributed by atoms with Crippen LogP contribution >= 0.6 is 11.3 Å². The molecule has 2 heterocycles. The van der Waals surface area contributed by atoms with Gasteiger partial charge in [-0.2, -0.15) is 5.10 Å². The molecule has 0 bridgehead atoms. The van der Waals surface area contributed by atoms with Crippen molar-refractivity contribution in [2.45, 2.75) is 39.8 Å². The van der Waals surface area contributed by atoms with Gasteiger partial charge in [0.05, 0.1) is 17.2 Å². The van der Waals surface area contributed by atoms with Crippen molar-refractivity contribution in [2.75, 3.05) is 0 Å². The van der Waals surface area contributed by atoms with Gasteiger partial charge in [-0.1, -0.05) is 6.92 Å². The number of carbonyl (C=O) groups is 1. The molecule has 7 heteroatoms. The summed E-state index contributed by atoms with van der Waals surface area (Å²) >= 11 is 1.35. The lowest BCUT2D eigenvalue weighted by molar-refractivity contribution is 0.0936. The van der Waals surface area contributed by atoms with Crippen LogP contribution in [-0.4, -0.2) is 25.7 Å². The van der Waals surface area contributed by atoms with Crippen LogP contribution in [-0.2, 0) is 6.54 Å². The maximum atomic E-state index is 12.2. The van der Waals surface area contributed by atoms with E-state index in [9.17, 15) is 4.79 Å². The molecule has 2 aromatic heterocycles. The Kier molecular flexibility index (Phi) is 4.26. The molecule has 1 N–H and O–H groups in total. The first-order valence-electron chi connectivity index (χ1n) is 6.26. The van der Waals surface area contributed by atoms with Gasteiger partial charge < -0.3 is 5.32 Å². The molecule has 6 nitrogen and oxygen atoms in total. The molecule has 2 aromatic rings. The topological polar surface area (TPSA) is 72.7 Å². The zero-order chi connectivity index (χ0) is 13.8. The van der Waals surface area contributed by atoms with Crippen LogP contribution in [0.1, 0.15) is 47.5 Å². The second kappa shape index (κ2) is 5.92. The van der Waals surface area contributed by atoms with Gasteiger partial charge in [0.1, 0.15) is 17.0 Å². The van der Waals surface area contributed by atoms with Gasteiger partial charge in [0.15, 0.2) is 0 Å². The van der Waals surface area contributed by atoms with Gasteiger partial charge in [0, 0.05) is 6.54 Å². The smallest absolute Gasteiger partial charge is 0.263 e. The Labute approximate surface area is 115 Å². The molecule has 0 aliphatic heterocycles. The van der Waals surface area contributed by atoms with Gasteiger partial charge in [0.25, 0.3) is 5.91 Å². The number of carbonyl (C=O) groups excluding carboxylic acids is 1. The van der Waals surface area contributed by atoms with Gasteiger partial charge in [-0.25, -0.2) is 14.6 Å². The van der Waals surface area contributed by atoms with Gasteiger partial charge in [0.2, 0.25) is 0 Å². The average Bonchev–Trinajstić information content (AvgIpc) is 3.03. The van der Waals surface area contributed by atoms with E-state index in [0.717, 1.165) is 24.5 Å². The second-order valence-electron chi connectivity index (χ2n) is 4.14. The summed E-state index contributed by atoms with van der Waals surface area (Å²) in [6.45, 7) is 6.58. The molecule has 1 atom stereocenters. The highest BCUT2D eigenvalue weighted by Gasteiger charge is 2.20. The molecule has 0 aliphatic carbocycles. The Balaban J connectivity index is 2.16. The standard InChI is InChI=1S/C12H17N5OS/c1-4-9(11-13-6-15-17(11)5-2)16-12(18)10-8(3)14-7-19-10/h6-7,9H,4-5H2,1-3H3,(H,16,18). The summed E-state index contributed by atoms with van der Waals surface area (Å²) in [5.74, 6) is 0.693. The number of thiazole rings is 1. The SMILES string of the molecule is CCC(NC(=O)c1scnc1C)c1ncnn1CC. The number of aromatic nitrogens is 4. The van der Waals surface area contributed by atoms with E-state index >= 15 is 0 Å². The normalized spacial score (nSPS) is 12.4. The molecular formula is C12H17N5OS. The number of nitrogens with one attached hydrogen (secondary N) is 1. The van der Waals surface area contributed by atoms with Gasteiger partial charge in [-0.3, -0.25) is 4.79 Å². The molecular weight excluding hydrogens is 262 g/mol. The van der Waals surface area contributed by atoms with Crippen molar-refractivity contribution in [3.05, 3.63) is 28.2 Å². The van der Waals surface area contributed by atoms with Crippen molar-refractivity contribution in [1.82, 2.24) is 25.1 Å². The monoisotopic (exact) mass is 279 g/mol. The Morgan fingerprint density at radius 1 is 1.47 bits per heavy atom. The van der Waals surface area contributed by atoms with E-state index in [1.807, 2.05) is 20.8 Å². The molecule has 102 valence electrons. The Bertz CT molecular complexity index is 562. The highest BCUT2D eigenvalue weighted by Crippen LogP contribution is 2.17. The van der Waals surface area contributed by atoms with E-state index in [-0.39, 0.29) is 11.9 Å². The molecule has 0 aromatic carbocycles. The molecule has 0 radical (unpaired) electrons. The quantitative estimate of drug-likeness (QED) is 0.908. The predicted molar refractivity (Wildman–Crippen MR) is 73.0 cm³/mol. The fourth-order valence-corrected chi connectivity index (χ4v) is 2.58. The molecule has 0 spiro atoms. The fourth-order valence-electron chi connectivity index (χ4n) is 1.88. The van der Waals surface area contributed by atoms with Crippen molar-refractivity contribution in [3.8, 4) is 0 Å². The number of nitrogens with zero attached hydrogens (tertiary/aromatic N) is 4. The van der Waals surface area contributed by atoms with E-state index in [4.69, 9.17) is 0 Å². The molecule has 0 saturated carbocycles. The summed E-state index contributed by atoms with van der Waals surface area (Å²) in [5.41, 5.74) is 2.44. The van der Waals surface area contributed by atoms with E-state index in [0.29, 0.717) is 4.88 Å². The number of hydrogen-bond acceptors (Lipinski definition) is 5. The summed E-state index contributed by atoms with van der Waals surface area (Å²) in [6, 6.07) is -0.128. The second-order valence-corrected chi connectivity index (χ2v) is 4.99. The van der Waals surface area contributed by atoms with Crippen LogP contribution in [0.25, 0.3) is 0 Å². The zero-order valence-electron chi connectivity index (χ0n) is 11.3.